The van der Waals surface area contributed by atoms with Crippen molar-refractivity contribution in [3.8, 4) is 0 Å². The number of piperidine rings is 1. The molecule has 6 heteroatoms. The van der Waals surface area contributed by atoms with Gasteiger partial charge < -0.3 is 9.80 Å². The average Bonchev–Trinajstić information content (AvgIpc) is 2.55. The topological polar surface area (TPSA) is 62.2 Å². The first-order valence-corrected chi connectivity index (χ1v) is 7.93. The molecular formula is C17H19N5O. The number of rotatable bonds is 2. The lowest BCUT2D eigenvalue weighted by molar-refractivity contribution is 0.00523. The van der Waals surface area contributed by atoms with Crippen LogP contribution in [0.4, 0.5) is 5.82 Å². The molecule has 5 rings (SSSR count). The monoisotopic (exact) mass is 309 g/mol. The van der Waals surface area contributed by atoms with Gasteiger partial charge in [-0.15, -0.1) is 0 Å². The molecule has 0 radical (unpaired) electrons. The van der Waals surface area contributed by atoms with Crippen molar-refractivity contribution in [1.82, 2.24) is 19.9 Å². The predicted molar refractivity (Wildman–Crippen MR) is 86.3 cm³/mol. The van der Waals surface area contributed by atoms with Crippen LogP contribution in [0.3, 0.4) is 0 Å². The molecule has 2 unspecified atom stereocenters. The lowest BCUT2D eigenvalue weighted by Crippen LogP contribution is -2.70. The Balaban J connectivity index is 1.51. The van der Waals surface area contributed by atoms with E-state index in [-0.39, 0.29) is 18.0 Å². The van der Waals surface area contributed by atoms with Crippen molar-refractivity contribution >= 4 is 11.7 Å². The molecule has 3 aliphatic heterocycles. The number of anilines is 1. The molecule has 23 heavy (non-hydrogen) atoms. The molecule has 2 atom stereocenters. The van der Waals surface area contributed by atoms with Gasteiger partial charge in [0.05, 0.1) is 12.1 Å². The van der Waals surface area contributed by atoms with Gasteiger partial charge in [-0.2, -0.15) is 0 Å². The quantitative estimate of drug-likeness (QED) is 0.843. The van der Waals surface area contributed by atoms with Gasteiger partial charge in [-0.1, -0.05) is 6.07 Å². The van der Waals surface area contributed by atoms with Crippen LogP contribution in [-0.4, -0.2) is 50.9 Å². The van der Waals surface area contributed by atoms with E-state index in [0.29, 0.717) is 5.69 Å². The maximum atomic E-state index is 12.6. The van der Waals surface area contributed by atoms with Gasteiger partial charge in [0.2, 0.25) is 0 Å². The van der Waals surface area contributed by atoms with E-state index >= 15 is 0 Å². The SMILES string of the molecule is Cc1cc(N2CC3CC(C2)N3C(=O)c2ccccn2)nc(C)n1. The zero-order chi connectivity index (χ0) is 16.0. The summed E-state index contributed by atoms with van der Waals surface area (Å²) in [6.45, 7) is 5.55. The highest BCUT2D eigenvalue weighted by Gasteiger charge is 2.47. The number of piperazine rings is 1. The van der Waals surface area contributed by atoms with Crippen molar-refractivity contribution in [3.63, 3.8) is 0 Å². The highest BCUT2D eigenvalue weighted by atomic mass is 16.2. The van der Waals surface area contributed by atoms with E-state index in [2.05, 4.69) is 19.9 Å². The van der Waals surface area contributed by atoms with Gasteiger partial charge in [0.15, 0.2) is 0 Å². The molecule has 0 aromatic carbocycles. The number of pyridine rings is 1. The largest absolute Gasteiger partial charge is 0.352 e. The predicted octanol–water partition coefficient (Wildman–Crippen LogP) is 1.59. The second-order valence-electron chi connectivity index (χ2n) is 6.29. The van der Waals surface area contributed by atoms with Crippen molar-refractivity contribution in [3.05, 3.63) is 47.7 Å². The summed E-state index contributed by atoms with van der Waals surface area (Å²) in [6, 6.07) is 7.98. The number of carbonyl (C=O) groups excluding carboxylic acids is 1. The molecule has 0 N–H and O–H groups in total. The van der Waals surface area contributed by atoms with Crippen LogP contribution in [0.15, 0.2) is 30.5 Å². The minimum absolute atomic E-state index is 0.0431. The maximum absolute atomic E-state index is 12.6. The first-order chi connectivity index (χ1) is 11.1. The van der Waals surface area contributed by atoms with E-state index in [1.807, 2.05) is 36.9 Å². The maximum Gasteiger partial charge on any atom is 0.273 e. The lowest BCUT2D eigenvalue weighted by atomic mass is 9.87. The van der Waals surface area contributed by atoms with Crippen LogP contribution in [0.25, 0.3) is 0 Å². The smallest absolute Gasteiger partial charge is 0.273 e. The molecule has 3 aliphatic rings. The number of fused-ring (bicyclic) bond motifs is 2. The number of hydrogen-bond acceptors (Lipinski definition) is 5. The van der Waals surface area contributed by atoms with E-state index in [4.69, 9.17) is 0 Å². The molecule has 6 nitrogen and oxygen atoms in total. The molecule has 0 spiro atoms. The van der Waals surface area contributed by atoms with E-state index in [1.54, 1.807) is 12.3 Å². The van der Waals surface area contributed by atoms with Gasteiger partial charge >= 0.3 is 0 Å². The fraction of sp³-hybridized carbons (Fsp3) is 0.412. The van der Waals surface area contributed by atoms with E-state index < -0.39 is 0 Å². The number of carbonyl (C=O) groups is 1. The summed E-state index contributed by atoms with van der Waals surface area (Å²) in [5, 5.41) is 0. The Morgan fingerprint density at radius 3 is 2.61 bits per heavy atom. The Hall–Kier alpha value is -2.50. The molecular weight excluding hydrogens is 290 g/mol. The second-order valence-corrected chi connectivity index (χ2v) is 6.29. The molecule has 2 bridgehead atoms. The molecule has 5 heterocycles. The van der Waals surface area contributed by atoms with Gasteiger partial charge in [0.25, 0.3) is 5.91 Å². The number of amides is 1. The van der Waals surface area contributed by atoms with Crippen LogP contribution in [0, 0.1) is 13.8 Å². The molecule has 2 aromatic rings. The molecule has 3 saturated heterocycles. The summed E-state index contributed by atoms with van der Waals surface area (Å²) in [5.74, 6) is 1.80. The Bertz CT molecular complexity index is 716. The fourth-order valence-corrected chi connectivity index (χ4v) is 3.61. The van der Waals surface area contributed by atoms with Crippen molar-refractivity contribution in [2.45, 2.75) is 32.4 Å². The second kappa shape index (κ2) is 5.30. The Morgan fingerprint density at radius 2 is 1.96 bits per heavy atom. The van der Waals surface area contributed by atoms with E-state index in [0.717, 1.165) is 36.8 Å². The highest BCUT2D eigenvalue weighted by Crippen LogP contribution is 2.35. The van der Waals surface area contributed by atoms with Crippen LogP contribution in [-0.2, 0) is 0 Å². The lowest BCUT2D eigenvalue weighted by Gasteiger charge is -2.56. The standard InChI is InChI=1S/C17H19N5O/c1-11-7-16(20-12(2)19-11)21-9-13-8-14(10-21)22(13)17(23)15-5-3-4-6-18-15/h3-7,13-14H,8-10H2,1-2H3. The third-order valence-corrected chi connectivity index (χ3v) is 4.59. The number of aryl methyl sites for hydroxylation is 2. The molecule has 3 fully saturated rings. The van der Waals surface area contributed by atoms with Gasteiger partial charge in [-0.3, -0.25) is 9.78 Å². The van der Waals surface area contributed by atoms with Gasteiger partial charge in [-0.05, 0) is 32.4 Å². The Morgan fingerprint density at radius 1 is 1.17 bits per heavy atom. The van der Waals surface area contributed by atoms with Gasteiger partial charge in [0, 0.05) is 31.0 Å². The molecule has 2 aromatic heterocycles. The zero-order valence-electron chi connectivity index (χ0n) is 13.3. The van der Waals surface area contributed by atoms with Crippen LogP contribution in [0.5, 0.6) is 0 Å². The zero-order valence-corrected chi connectivity index (χ0v) is 13.3. The van der Waals surface area contributed by atoms with Crippen LogP contribution < -0.4 is 4.90 Å². The van der Waals surface area contributed by atoms with E-state index in [9.17, 15) is 4.79 Å². The van der Waals surface area contributed by atoms with Gasteiger partial charge in [0.1, 0.15) is 17.3 Å². The normalized spacial score (nSPS) is 22.7. The summed E-state index contributed by atoms with van der Waals surface area (Å²) in [6.07, 6.45) is 2.74. The van der Waals surface area contributed by atoms with E-state index in [1.165, 1.54) is 0 Å². The van der Waals surface area contributed by atoms with Crippen LogP contribution in [0.1, 0.15) is 28.4 Å². The van der Waals surface area contributed by atoms with Crippen molar-refractivity contribution in [2.24, 2.45) is 0 Å². The number of aromatic nitrogens is 3. The number of nitrogens with zero attached hydrogens (tertiary/aromatic N) is 5. The summed E-state index contributed by atoms with van der Waals surface area (Å²) in [4.78, 5) is 29.9. The van der Waals surface area contributed by atoms with Gasteiger partial charge in [-0.25, -0.2) is 9.97 Å². The molecule has 0 saturated carbocycles. The molecule has 0 aliphatic carbocycles. The van der Waals surface area contributed by atoms with Crippen molar-refractivity contribution in [2.75, 3.05) is 18.0 Å². The summed E-state index contributed by atoms with van der Waals surface area (Å²) >= 11 is 0. The summed E-state index contributed by atoms with van der Waals surface area (Å²) < 4.78 is 0. The van der Waals surface area contributed by atoms with Crippen LogP contribution >= 0.6 is 0 Å². The fourth-order valence-electron chi connectivity index (χ4n) is 3.61. The van der Waals surface area contributed by atoms with Crippen LogP contribution in [0.2, 0.25) is 0 Å². The molecule has 118 valence electrons. The number of hydrogen-bond donors (Lipinski definition) is 0. The highest BCUT2D eigenvalue weighted by molar-refractivity contribution is 5.93. The first kappa shape index (κ1) is 14.1. The Labute approximate surface area is 135 Å². The molecule has 1 amide bonds. The first-order valence-electron chi connectivity index (χ1n) is 7.93. The Kier molecular flexibility index (Phi) is 3.25. The minimum atomic E-state index is 0.0431. The average molecular weight is 309 g/mol. The van der Waals surface area contributed by atoms with Crippen molar-refractivity contribution in [1.29, 1.82) is 0 Å². The van der Waals surface area contributed by atoms with Crippen molar-refractivity contribution < 1.29 is 4.79 Å². The third-order valence-electron chi connectivity index (χ3n) is 4.59. The summed E-state index contributed by atoms with van der Waals surface area (Å²) in [5.41, 5.74) is 1.51. The third kappa shape index (κ3) is 2.44. The summed E-state index contributed by atoms with van der Waals surface area (Å²) in [7, 11) is 0. The minimum Gasteiger partial charge on any atom is -0.352 e.